The zero-order valence-electron chi connectivity index (χ0n) is 12.0. The van der Waals surface area contributed by atoms with E-state index in [2.05, 4.69) is 6.92 Å². The van der Waals surface area contributed by atoms with Crippen molar-refractivity contribution in [3.05, 3.63) is 54.1 Å². The van der Waals surface area contributed by atoms with Crippen LogP contribution in [-0.2, 0) is 0 Å². The number of hydrogen-bond donors (Lipinski definition) is 1. The molecule has 2 aromatic carbocycles. The summed E-state index contributed by atoms with van der Waals surface area (Å²) in [7, 11) is 0. The van der Waals surface area contributed by atoms with Crippen molar-refractivity contribution >= 4 is 0 Å². The molecular formula is C17H21NO2. The fraction of sp³-hybridized carbons (Fsp3) is 0.294. The summed E-state index contributed by atoms with van der Waals surface area (Å²) >= 11 is 0. The Bertz CT molecular complexity index is 537. The summed E-state index contributed by atoms with van der Waals surface area (Å²) in [6.07, 6.45) is 0.879. The third kappa shape index (κ3) is 3.52. The molecule has 0 bridgehead atoms. The number of benzene rings is 2. The van der Waals surface area contributed by atoms with Gasteiger partial charge in [0.1, 0.15) is 17.2 Å². The lowest BCUT2D eigenvalue weighted by Gasteiger charge is -2.15. The monoisotopic (exact) mass is 271 g/mol. The molecule has 0 radical (unpaired) electrons. The summed E-state index contributed by atoms with van der Waals surface area (Å²) in [6, 6.07) is 15.5. The highest BCUT2D eigenvalue weighted by molar-refractivity contribution is 5.40. The fourth-order valence-electron chi connectivity index (χ4n) is 2.00. The highest BCUT2D eigenvalue weighted by Gasteiger charge is 2.10. The Morgan fingerprint density at radius 2 is 1.60 bits per heavy atom. The van der Waals surface area contributed by atoms with Crippen LogP contribution in [0.15, 0.2) is 48.5 Å². The van der Waals surface area contributed by atoms with Crippen molar-refractivity contribution in [1.82, 2.24) is 0 Å². The van der Waals surface area contributed by atoms with Crippen LogP contribution in [0, 0.1) is 0 Å². The van der Waals surface area contributed by atoms with Gasteiger partial charge in [0, 0.05) is 11.6 Å². The zero-order valence-corrected chi connectivity index (χ0v) is 12.0. The number of rotatable bonds is 6. The van der Waals surface area contributed by atoms with Crippen molar-refractivity contribution in [3.8, 4) is 17.2 Å². The van der Waals surface area contributed by atoms with Gasteiger partial charge in [-0.2, -0.15) is 0 Å². The van der Waals surface area contributed by atoms with Gasteiger partial charge in [-0.1, -0.05) is 25.1 Å². The van der Waals surface area contributed by atoms with Crippen molar-refractivity contribution in [2.24, 2.45) is 5.73 Å². The first-order chi connectivity index (χ1) is 9.74. The second kappa shape index (κ2) is 6.96. The maximum Gasteiger partial charge on any atom is 0.132 e. The van der Waals surface area contributed by atoms with Gasteiger partial charge in [-0.3, -0.25) is 0 Å². The summed E-state index contributed by atoms with van der Waals surface area (Å²) in [5.74, 6) is 2.44. The topological polar surface area (TPSA) is 44.5 Å². The quantitative estimate of drug-likeness (QED) is 0.852. The van der Waals surface area contributed by atoms with Gasteiger partial charge in [0.25, 0.3) is 0 Å². The molecule has 2 aromatic rings. The van der Waals surface area contributed by atoms with Crippen molar-refractivity contribution in [2.75, 3.05) is 6.61 Å². The van der Waals surface area contributed by atoms with Crippen molar-refractivity contribution in [2.45, 2.75) is 26.3 Å². The maximum absolute atomic E-state index is 6.11. The predicted molar refractivity (Wildman–Crippen MR) is 81.3 cm³/mol. The minimum Gasteiger partial charge on any atom is -0.494 e. The molecule has 0 amide bonds. The Labute approximate surface area is 120 Å². The second-order valence-corrected chi connectivity index (χ2v) is 4.56. The van der Waals surface area contributed by atoms with Crippen LogP contribution in [0.1, 0.15) is 31.9 Å². The van der Waals surface area contributed by atoms with Gasteiger partial charge in [-0.05, 0) is 43.7 Å². The van der Waals surface area contributed by atoms with Gasteiger partial charge in [-0.25, -0.2) is 0 Å². The van der Waals surface area contributed by atoms with Crippen molar-refractivity contribution < 1.29 is 9.47 Å². The smallest absolute Gasteiger partial charge is 0.132 e. The molecule has 106 valence electrons. The highest BCUT2D eigenvalue weighted by Crippen LogP contribution is 2.30. The molecule has 1 atom stereocenters. The summed E-state index contributed by atoms with van der Waals surface area (Å²) in [5.41, 5.74) is 7.14. The predicted octanol–water partition coefficient (Wildman–Crippen LogP) is 4.29. The molecule has 2 rings (SSSR count). The van der Waals surface area contributed by atoms with Crippen LogP contribution < -0.4 is 15.2 Å². The van der Waals surface area contributed by atoms with Crippen LogP contribution in [0.2, 0.25) is 0 Å². The Hall–Kier alpha value is -2.00. The molecule has 0 spiro atoms. The molecule has 0 aliphatic carbocycles. The minimum atomic E-state index is -0.00565. The number of para-hydroxylation sites is 1. The van der Waals surface area contributed by atoms with Crippen LogP contribution in [0.5, 0.6) is 17.2 Å². The van der Waals surface area contributed by atoms with Crippen LogP contribution in [0.4, 0.5) is 0 Å². The van der Waals surface area contributed by atoms with E-state index in [4.69, 9.17) is 15.2 Å². The van der Waals surface area contributed by atoms with Crippen LogP contribution in [0.3, 0.4) is 0 Å². The van der Waals surface area contributed by atoms with E-state index >= 15 is 0 Å². The average Bonchev–Trinajstić information content (AvgIpc) is 2.49. The lowest BCUT2D eigenvalue weighted by atomic mass is 10.0. The molecule has 3 nitrogen and oxygen atoms in total. The molecule has 20 heavy (non-hydrogen) atoms. The third-order valence-electron chi connectivity index (χ3n) is 3.12. The van der Waals surface area contributed by atoms with E-state index in [1.807, 2.05) is 55.5 Å². The molecule has 3 heteroatoms. The van der Waals surface area contributed by atoms with Gasteiger partial charge in [-0.15, -0.1) is 0 Å². The fourth-order valence-corrected chi connectivity index (χ4v) is 2.00. The summed E-state index contributed by atoms with van der Waals surface area (Å²) < 4.78 is 11.3. The lowest BCUT2D eigenvalue weighted by molar-refractivity contribution is 0.339. The van der Waals surface area contributed by atoms with E-state index in [0.29, 0.717) is 6.61 Å². The van der Waals surface area contributed by atoms with Crippen molar-refractivity contribution in [3.63, 3.8) is 0 Å². The average molecular weight is 271 g/mol. The molecule has 0 saturated carbocycles. The molecule has 2 N–H and O–H groups in total. The number of hydrogen-bond acceptors (Lipinski definition) is 3. The molecule has 0 saturated heterocycles. The summed E-state index contributed by atoms with van der Waals surface area (Å²) in [4.78, 5) is 0. The van der Waals surface area contributed by atoms with E-state index in [0.717, 1.165) is 29.2 Å². The SMILES string of the molecule is CCOc1ccc(Oc2ccccc2[C@@H](N)CC)cc1. The Kier molecular flexibility index (Phi) is 5.02. The molecule has 0 aliphatic heterocycles. The standard InChI is InChI=1S/C17H21NO2/c1-3-16(18)15-7-5-6-8-17(15)20-14-11-9-13(10-12-14)19-4-2/h5-12,16H,3-4,18H2,1-2H3/t16-/m0/s1. The maximum atomic E-state index is 6.11. The van der Waals surface area contributed by atoms with E-state index in [9.17, 15) is 0 Å². The number of nitrogens with two attached hydrogens (primary N) is 1. The number of ether oxygens (including phenoxy) is 2. The van der Waals surface area contributed by atoms with Crippen LogP contribution in [-0.4, -0.2) is 6.61 Å². The summed E-state index contributed by atoms with van der Waals surface area (Å²) in [5, 5.41) is 0. The molecular weight excluding hydrogens is 250 g/mol. The normalized spacial score (nSPS) is 11.9. The van der Waals surface area contributed by atoms with Gasteiger partial charge in [0.05, 0.1) is 6.61 Å². The van der Waals surface area contributed by atoms with E-state index in [1.165, 1.54) is 0 Å². The van der Waals surface area contributed by atoms with Crippen molar-refractivity contribution in [1.29, 1.82) is 0 Å². The largest absolute Gasteiger partial charge is 0.494 e. The van der Waals surface area contributed by atoms with E-state index in [-0.39, 0.29) is 6.04 Å². The first kappa shape index (κ1) is 14.4. The second-order valence-electron chi connectivity index (χ2n) is 4.56. The molecule has 0 aromatic heterocycles. The minimum absolute atomic E-state index is 0.00565. The molecule has 0 aliphatic rings. The molecule has 0 fully saturated rings. The van der Waals surface area contributed by atoms with Gasteiger partial charge < -0.3 is 15.2 Å². The molecule has 0 unspecified atom stereocenters. The Morgan fingerprint density at radius 3 is 2.25 bits per heavy atom. The Balaban J connectivity index is 2.17. The third-order valence-corrected chi connectivity index (χ3v) is 3.12. The van der Waals surface area contributed by atoms with Crippen LogP contribution >= 0.6 is 0 Å². The van der Waals surface area contributed by atoms with E-state index < -0.39 is 0 Å². The van der Waals surface area contributed by atoms with Gasteiger partial charge in [0.15, 0.2) is 0 Å². The first-order valence-electron chi connectivity index (χ1n) is 6.99. The Morgan fingerprint density at radius 1 is 0.950 bits per heavy atom. The van der Waals surface area contributed by atoms with Gasteiger partial charge in [0.2, 0.25) is 0 Å². The first-order valence-corrected chi connectivity index (χ1v) is 6.99. The van der Waals surface area contributed by atoms with Gasteiger partial charge >= 0.3 is 0 Å². The van der Waals surface area contributed by atoms with E-state index in [1.54, 1.807) is 0 Å². The zero-order chi connectivity index (χ0) is 14.4. The molecule has 0 heterocycles. The summed E-state index contributed by atoms with van der Waals surface area (Å²) in [6.45, 7) is 4.69. The highest BCUT2D eigenvalue weighted by atomic mass is 16.5. The van der Waals surface area contributed by atoms with Crippen LogP contribution in [0.25, 0.3) is 0 Å². The lowest BCUT2D eigenvalue weighted by Crippen LogP contribution is -2.09.